The summed E-state index contributed by atoms with van der Waals surface area (Å²) in [5, 5.41) is 5.90. The minimum absolute atomic E-state index is 0.0767. The van der Waals surface area contributed by atoms with Gasteiger partial charge < -0.3 is 21.3 Å². The predicted octanol–water partition coefficient (Wildman–Crippen LogP) is 2.08. The molecule has 0 atom stereocenters. The second kappa shape index (κ2) is 9.86. The number of benzene rings is 1. The van der Waals surface area contributed by atoms with Gasteiger partial charge in [-0.1, -0.05) is 12.1 Å². The van der Waals surface area contributed by atoms with Crippen molar-refractivity contribution in [2.75, 3.05) is 36.4 Å². The minimum atomic E-state index is -0.471. The largest absolute Gasteiger partial charge is 0.370 e. The Kier molecular flexibility index (Phi) is 6.99. The van der Waals surface area contributed by atoms with Crippen LogP contribution in [0.15, 0.2) is 36.4 Å². The quantitative estimate of drug-likeness (QED) is 0.599. The van der Waals surface area contributed by atoms with Gasteiger partial charge in [-0.3, -0.25) is 9.59 Å². The maximum absolute atomic E-state index is 13.4. The Hall–Kier alpha value is -3.16. The van der Waals surface area contributed by atoms with Crippen molar-refractivity contribution < 1.29 is 14.0 Å². The number of amides is 2. The molecule has 2 heterocycles. The molecule has 7 nitrogen and oxygen atoms in total. The molecule has 0 radical (unpaired) electrons. The zero-order valence-corrected chi connectivity index (χ0v) is 16.3. The number of hydrogen-bond donors (Lipinski definition) is 3. The summed E-state index contributed by atoms with van der Waals surface area (Å²) in [7, 11) is 0. The molecule has 1 fully saturated rings. The van der Waals surface area contributed by atoms with Crippen LogP contribution in [0.2, 0.25) is 0 Å². The van der Waals surface area contributed by atoms with Crippen LogP contribution >= 0.6 is 0 Å². The van der Waals surface area contributed by atoms with E-state index in [1.165, 1.54) is 12.1 Å². The van der Waals surface area contributed by atoms with Gasteiger partial charge in [-0.15, -0.1) is 0 Å². The van der Waals surface area contributed by atoms with Gasteiger partial charge in [-0.05, 0) is 49.1 Å². The van der Waals surface area contributed by atoms with Crippen molar-refractivity contribution >= 4 is 23.5 Å². The van der Waals surface area contributed by atoms with Crippen molar-refractivity contribution in [3.63, 3.8) is 0 Å². The lowest BCUT2D eigenvalue weighted by atomic mass is 10.1. The molecule has 154 valence electrons. The summed E-state index contributed by atoms with van der Waals surface area (Å²) in [5.41, 5.74) is 6.38. The smallest absolute Gasteiger partial charge is 0.255 e. The fraction of sp³-hybridized carbons (Fsp3) is 0.381. The van der Waals surface area contributed by atoms with E-state index in [9.17, 15) is 14.0 Å². The molecule has 0 aliphatic carbocycles. The first kappa shape index (κ1) is 20.6. The van der Waals surface area contributed by atoms with E-state index < -0.39 is 5.91 Å². The van der Waals surface area contributed by atoms with Gasteiger partial charge >= 0.3 is 0 Å². The molecule has 4 N–H and O–H groups in total. The average molecular weight is 399 g/mol. The molecule has 8 heteroatoms. The molecule has 0 unspecified atom stereocenters. The molecule has 1 saturated heterocycles. The number of halogens is 1. The fourth-order valence-electron chi connectivity index (χ4n) is 3.30. The van der Waals surface area contributed by atoms with Crippen molar-refractivity contribution in [3.8, 4) is 0 Å². The highest BCUT2D eigenvalue weighted by Gasteiger charge is 2.18. The Morgan fingerprint density at radius 1 is 1.14 bits per heavy atom. The number of aromatic nitrogens is 1. The van der Waals surface area contributed by atoms with E-state index in [2.05, 4.69) is 20.5 Å². The van der Waals surface area contributed by atoms with Gasteiger partial charge in [0.15, 0.2) is 0 Å². The van der Waals surface area contributed by atoms with Crippen LogP contribution in [0.1, 0.15) is 35.2 Å². The molecule has 1 aromatic heterocycles. The molecule has 2 aromatic rings. The summed E-state index contributed by atoms with van der Waals surface area (Å²) in [6, 6.07) is 10.0. The van der Waals surface area contributed by atoms with E-state index in [0.717, 1.165) is 37.3 Å². The summed E-state index contributed by atoms with van der Waals surface area (Å²) >= 11 is 0. The van der Waals surface area contributed by atoms with Crippen LogP contribution in [-0.2, 0) is 11.2 Å². The van der Waals surface area contributed by atoms with Crippen molar-refractivity contribution in [2.45, 2.75) is 25.7 Å². The zero-order chi connectivity index (χ0) is 20.6. The van der Waals surface area contributed by atoms with E-state index in [1.807, 2.05) is 12.1 Å². The van der Waals surface area contributed by atoms with Gasteiger partial charge in [-0.25, -0.2) is 9.37 Å². The lowest BCUT2D eigenvalue weighted by molar-refractivity contribution is -0.117. The number of anilines is 2. The number of rotatable bonds is 9. The van der Waals surface area contributed by atoms with Gasteiger partial charge in [0, 0.05) is 32.6 Å². The van der Waals surface area contributed by atoms with Crippen LogP contribution in [0.25, 0.3) is 0 Å². The van der Waals surface area contributed by atoms with Crippen molar-refractivity contribution in [3.05, 3.63) is 53.3 Å². The lowest BCUT2D eigenvalue weighted by Crippen LogP contribution is -2.29. The standard InChI is InChI=1S/C21H26FN5O2/c22-16-5-3-4-15(14-16)8-10-24-20-17(21(29)25-11-9-18(23)28)6-7-19(26-20)27-12-1-2-13-27/h3-7,14H,1-2,8-13H2,(H2,23,28)(H,24,26)(H,25,29). The number of nitrogens with one attached hydrogen (secondary N) is 2. The Morgan fingerprint density at radius 3 is 2.66 bits per heavy atom. The average Bonchev–Trinajstić information content (AvgIpc) is 3.22. The number of carbonyl (C=O) groups excluding carboxylic acids is 2. The second-order valence-corrected chi connectivity index (χ2v) is 7.04. The van der Waals surface area contributed by atoms with E-state index in [1.54, 1.807) is 12.1 Å². The maximum Gasteiger partial charge on any atom is 0.255 e. The number of nitrogens with two attached hydrogens (primary N) is 1. The molecule has 1 aliphatic rings. The Labute approximate surface area is 169 Å². The van der Waals surface area contributed by atoms with Gasteiger partial charge in [0.1, 0.15) is 17.5 Å². The summed E-state index contributed by atoms with van der Waals surface area (Å²) in [6.45, 7) is 2.56. The van der Waals surface area contributed by atoms with Crippen molar-refractivity contribution in [1.82, 2.24) is 10.3 Å². The molecule has 1 aromatic carbocycles. The highest BCUT2D eigenvalue weighted by molar-refractivity contribution is 5.99. The minimum Gasteiger partial charge on any atom is -0.370 e. The topological polar surface area (TPSA) is 100 Å². The van der Waals surface area contributed by atoms with Crippen LogP contribution in [0.4, 0.5) is 16.0 Å². The first-order chi connectivity index (χ1) is 14.0. The number of primary amides is 1. The summed E-state index contributed by atoms with van der Waals surface area (Å²) < 4.78 is 13.4. The van der Waals surface area contributed by atoms with E-state index in [0.29, 0.717) is 24.3 Å². The molecule has 29 heavy (non-hydrogen) atoms. The van der Waals surface area contributed by atoms with Gasteiger partial charge in [-0.2, -0.15) is 0 Å². The summed E-state index contributed by atoms with van der Waals surface area (Å²) in [5.74, 6) is 0.235. The SMILES string of the molecule is NC(=O)CCNC(=O)c1ccc(N2CCCC2)nc1NCCc1cccc(F)c1. The van der Waals surface area contributed by atoms with Gasteiger partial charge in [0.25, 0.3) is 5.91 Å². The molecule has 3 rings (SSSR count). The van der Waals surface area contributed by atoms with Gasteiger partial charge in [0.05, 0.1) is 5.56 Å². The molecular weight excluding hydrogens is 373 g/mol. The van der Waals surface area contributed by atoms with Gasteiger partial charge in [0.2, 0.25) is 5.91 Å². The lowest BCUT2D eigenvalue weighted by Gasteiger charge is -2.19. The monoisotopic (exact) mass is 399 g/mol. The Bertz CT molecular complexity index is 868. The fourth-order valence-corrected chi connectivity index (χ4v) is 3.30. The third kappa shape index (κ3) is 5.91. The second-order valence-electron chi connectivity index (χ2n) is 7.04. The Morgan fingerprint density at radius 2 is 1.93 bits per heavy atom. The summed E-state index contributed by atoms with van der Waals surface area (Å²) in [6.07, 6.45) is 2.92. The van der Waals surface area contributed by atoms with E-state index >= 15 is 0 Å². The number of carbonyl (C=O) groups is 2. The highest BCUT2D eigenvalue weighted by atomic mass is 19.1. The van der Waals surface area contributed by atoms with E-state index in [-0.39, 0.29) is 24.7 Å². The molecule has 0 spiro atoms. The Balaban J connectivity index is 1.71. The first-order valence-electron chi connectivity index (χ1n) is 9.84. The molecule has 1 aliphatic heterocycles. The molecular formula is C21H26FN5O2. The molecule has 0 saturated carbocycles. The van der Waals surface area contributed by atoms with Crippen LogP contribution < -0.4 is 21.3 Å². The van der Waals surface area contributed by atoms with Crippen LogP contribution in [0.3, 0.4) is 0 Å². The highest BCUT2D eigenvalue weighted by Crippen LogP contribution is 2.23. The normalized spacial score (nSPS) is 13.3. The third-order valence-corrected chi connectivity index (χ3v) is 4.81. The van der Waals surface area contributed by atoms with Crippen LogP contribution in [0, 0.1) is 5.82 Å². The number of pyridine rings is 1. The van der Waals surface area contributed by atoms with Crippen molar-refractivity contribution in [1.29, 1.82) is 0 Å². The van der Waals surface area contributed by atoms with Crippen LogP contribution in [-0.4, -0.2) is 43.0 Å². The van der Waals surface area contributed by atoms with Crippen LogP contribution in [0.5, 0.6) is 0 Å². The predicted molar refractivity (Wildman–Crippen MR) is 110 cm³/mol. The number of hydrogen-bond acceptors (Lipinski definition) is 5. The van der Waals surface area contributed by atoms with Crippen molar-refractivity contribution in [2.24, 2.45) is 5.73 Å². The molecule has 0 bridgehead atoms. The number of nitrogens with zero attached hydrogens (tertiary/aromatic N) is 2. The maximum atomic E-state index is 13.4. The zero-order valence-electron chi connectivity index (χ0n) is 16.3. The summed E-state index contributed by atoms with van der Waals surface area (Å²) in [4.78, 5) is 30.3. The van der Waals surface area contributed by atoms with E-state index in [4.69, 9.17) is 5.73 Å². The first-order valence-corrected chi connectivity index (χ1v) is 9.84. The third-order valence-electron chi connectivity index (χ3n) is 4.81. The molecule has 2 amide bonds.